The molecule has 0 saturated carbocycles. The molecule has 2 heterocycles. The van der Waals surface area contributed by atoms with E-state index in [-0.39, 0.29) is 5.92 Å². The maximum Gasteiger partial charge on any atom is 0.0878 e. The average Bonchev–Trinajstić information content (AvgIpc) is 2.85. The standard InChI is InChI=1S/C12H14N2OS/c13-7-11(9-1-4-14-5-2-9)12(15)10-3-6-16-8-10/h1-6,8,11-12,15H,7,13H2. The fourth-order valence-corrected chi connectivity index (χ4v) is 2.42. The zero-order valence-corrected chi connectivity index (χ0v) is 9.60. The van der Waals surface area contributed by atoms with Gasteiger partial charge in [0.15, 0.2) is 0 Å². The Bertz CT molecular complexity index is 416. The second kappa shape index (κ2) is 5.21. The number of thiophene rings is 1. The van der Waals surface area contributed by atoms with Gasteiger partial charge in [-0.25, -0.2) is 0 Å². The van der Waals surface area contributed by atoms with E-state index >= 15 is 0 Å². The number of aromatic nitrogens is 1. The molecule has 0 aliphatic rings. The molecule has 0 radical (unpaired) electrons. The van der Waals surface area contributed by atoms with Gasteiger partial charge in [-0.3, -0.25) is 4.98 Å². The van der Waals surface area contributed by atoms with Gasteiger partial charge in [0.1, 0.15) is 0 Å². The molecule has 2 aromatic rings. The topological polar surface area (TPSA) is 59.1 Å². The monoisotopic (exact) mass is 234 g/mol. The van der Waals surface area contributed by atoms with E-state index < -0.39 is 6.10 Å². The Labute approximate surface area is 98.6 Å². The summed E-state index contributed by atoms with van der Waals surface area (Å²) in [4.78, 5) is 3.96. The van der Waals surface area contributed by atoms with Crippen molar-refractivity contribution >= 4 is 11.3 Å². The average molecular weight is 234 g/mol. The molecule has 0 fully saturated rings. The normalized spacial score (nSPS) is 14.6. The number of nitrogens with two attached hydrogens (primary N) is 1. The van der Waals surface area contributed by atoms with E-state index in [1.807, 2.05) is 29.0 Å². The van der Waals surface area contributed by atoms with Crippen LogP contribution >= 0.6 is 11.3 Å². The van der Waals surface area contributed by atoms with Gasteiger partial charge in [0.05, 0.1) is 6.10 Å². The Kier molecular flexibility index (Phi) is 3.66. The van der Waals surface area contributed by atoms with Crippen LogP contribution < -0.4 is 5.73 Å². The first kappa shape index (κ1) is 11.3. The van der Waals surface area contributed by atoms with Crippen molar-refractivity contribution in [3.05, 3.63) is 52.5 Å². The number of aliphatic hydroxyl groups is 1. The highest BCUT2D eigenvalue weighted by Crippen LogP contribution is 2.30. The van der Waals surface area contributed by atoms with Gasteiger partial charge in [-0.2, -0.15) is 11.3 Å². The number of rotatable bonds is 4. The predicted molar refractivity (Wildman–Crippen MR) is 65.3 cm³/mol. The lowest BCUT2D eigenvalue weighted by Crippen LogP contribution is -2.19. The molecule has 3 nitrogen and oxygen atoms in total. The summed E-state index contributed by atoms with van der Waals surface area (Å²) in [7, 11) is 0. The van der Waals surface area contributed by atoms with Crippen molar-refractivity contribution in [2.24, 2.45) is 5.73 Å². The largest absolute Gasteiger partial charge is 0.388 e. The third-order valence-corrected chi connectivity index (χ3v) is 3.36. The zero-order valence-electron chi connectivity index (χ0n) is 8.78. The maximum atomic E-state index is 10.2. The van der Waals surface area contributed by atoms with E-state index in [2.05, 4.69) is 4.98 Å². The first-order chi connectivity index (χ1) is 7.83. The van der Waals surface area contributed by atoms with Crippen LogP contribution in [0.15, 0.2) is 41.4 Å². The summed E-state index contributed by atoms with van der Waals surface area (Å²) in [5, 5.41) is 14.1. The van der Waals surface area contributed by atoms with Crippen LogP contribution in [0.4, 0.5) is 0 Å². The van der Waals surface area contributed by atoms with Crippen molar-refractivity contribution in [3.63, 3.8) is 0 Å². The summed E-state index contributed by atoms with van der Waals surface area (Å²) in [6, 6.07) is 5.72. The van der Waals surface area contributed by atoms with Crippen LogP contribution in [0.2, 0.25) is 0 Å². The van der Waals surface area contributed by atoms with Crippen LogP contribution in [-0.2, 0) is 0 Å². The number of hydrogen-bond donors (Lipinski definition) is 2. The molecule has 0 spiro atoms. The Hall–Kier alpha value is -1.23. The van der Waals surface area contributed by atoms with Crippen molar-refractivity contribution in [1.82, 2.24) is 4.98 Å². The molecule has 0 amide bonds. The molecule has 0 aliphatic heterocycles. The lowest BCUT2D eigenvalue weighted by Gasteiger charge is -2.21. The van der Waals surface area contributed by atoms with Gasteiger partial charge in [0.2, 0.25) is 0 Å². The van der Waals surface area contributed by atoms with E-state index in [9.17, 15) is 5.11 Å². The second-order valence-corrected chi connectivity index (χ2v) is 4.40. The first-order valence-corrected chi connectivity index (χ1v) is 6.07. The Morgan fingerprint density at radius 1 is 1.25 bits per heavy atom. The van der Waals surface area contributed by atoms with Gasteiger partial charge in [-0.1, -0.05) is 0 Å². The molecule has 0 aliphatic carbocycles. The minimum Gasteiger partial charge on any atom is -0.388 e. The molecule has 0 bridgehead atoms. The third kappa shape index (κ3) is 2.29. The van der Waals surface area contributed by atoms with E-state index in [0.29, 0.717) is 6.54 Å². The number of nitrogens with zero attached hydrogens (tertiary/aromatic N) is 1. The molecule has 0 saturated heterocycles. The molecule has 2 unspecified atom stereocenters. The van der Waals surface area contributed by atoms with Crippen molar-refractivity contribution in [2.75, 3.05) is 6.54 Å². The summed E-state index contributed by atoms with van der Waals surface area (Å²) in [6.07, 6.45) is 2.90. The lowest BCUT2D eigenvalue weighted by atomic mass is 9.91. The van der Waals surface area contributed by atoms with Crippen LogP contribution in [0.1, 0.15) is 23.1 Å². The summed E-state index contributed by atoms with van der Waals surface area (Å²) >= 11 is 1.58. The predicted octanol–water partition coefficient (Wildman–Crippen LogP) is 1.92. The molecule has 0 aromatic carbocycles. The highest BCUT2D eigenvalue weighted by Gasteiger charge is 2.21. The van der Waals surface area contributed by atoms with E-state index in [4.69, 9.17) is 5.73 Å². The highest BCUT2D eigenvalue weighted by atomic mass is 32.1. The molecular weight excluding hydrogens is 220 g/mol. The maximum absolute atomic E-state index is 10.2. The van der Waals surface area contributed by atoms with Crippen LogP contribution in [0, 0.1) is 0 Å². The van der Waals surface area contributed by atoms with Crippen molar-refractivity contribution in [2.45, 2.75) is 12.0 Å². The first-order valence-electron chi connectivity index (χ1n) is 5.13. The van der Waals surface area contributed by atoms with Gasteiger partial charge in [0, 0.05) is 24.9 Å². The van der Waals surface area contributed by atoms with E-state index in [0.717, 1.165) is 11.1 Å². The van der Waals surface area contributed by atoms with Gasteiger partial charge < -0.3 is 10.8 Å². The van der Waals surface area contributed by atoms with E-state index in [1.54, 1.807) is 23.7 Å². The molecule has 16 heavy (non-hydrogen) atoms. The fraction of sp³-hybridized carbons (Fsp3) is 0.250. The van der Waals surface area contributed by atoms with Gasteiger partial charge >= 0.3 is 0 Å². The lowest BCUT2D eigenvalue weighted by molar-refractivity contribution is 0.148. The number of aliphatic hydroxyl groups excluding tert-OH is 1. The number of hydrogen-bond acceptors (Lipinski definition) is 4. The summed E-state index contributed by atoms with van der Waals surface area (Å²) in [5.74, 6) is -0.0717. The summed E-state index contributed by atoms with van der Waals surface area (Å²) < 4.78 is 0. The fourth-order valence-electron chi connectivity index (χ4n) is 1.73. The minimum absolute atomic E-state index is 0.0717. The molecule has 2 aromatic heterocycles. The quantitative estimate of drug-likeness (QED) is 0.849. The van der Waals surface area contributed by atoms with Crippen molar-refractivity contribution < 1.29 is 5.11 Å². The Morgan fingerprint density at radius 3 is 2.56 bits per heavy atom. The molecule has 2 rings (SSSR count). The van der Waals surface area contributed by atoms with Crippen LogP contribution in [0.3, 0.4) is 0 Å². The summed E-state index contributed by atoms with van der Waals surface area (Å²) in [6.45, 7) is 0.418. The molecule has 84 valence electrons. The van der Waals surface area contributed by atoms with Crippen molar-refractivity contribution in [1.29, 1.82) is 0 Å². The summed E-state index contributed by atoms with van der Waals surface area (Å²) in [5.41, 5.74) is 7.69. The highest BCUT2D eigenvalue weighted by molar-refractivity contribution is 7.07. The third-order valence-electron chi connectivity index (χ3n) is 2.65. The SMILES string of the molecule is NCC(c1ccncc1)C(O)c1ccsc1. The van der Waals surface area contributed by atoms with Gasteiger partial charge in [-0.15, -0.1) is 0 Å². The van der Waals surface area contributed by atoms with Crippen LogP contribution in [-0.4, -0.2) is 16.6 Å². The second-order valence-electron chi connectivity index (χ2n) is 3.62. The Balaban J connectivity index is 2.23. The van der Waals surface area contributed by atoms with Crippen LogP contribution in [0.25, 0.3) is 0 Å². The molecule has 3 N–H and O–H groups in total. The zero-order chi connectivity index (χ0) is 11.4. The van der Waals surface area contributed by atoms with Gasteiger partial charge in [-0.05, 0) is 40.1 Å². The smallest absolute Gasteiger partial charge is 0.0878 e. The number of pyridine rings is 1. The molecule has 2 atom stereocenters. The van der Waals surface area contributed by atoms with Gasteiger partial charge in [0.25, 0.3) is 0 Å². The van der Waals surface area contributed by atoms with Crippen LogP contribution in [0.5, 0.6) is 0 Å². The minimum atomic E-state index is -0.543. The Morgan fingerprint density at radius 2 is 2.00 bits per heavy atom. The van der Waals surface area contributed by atoms with Crippen molar-refractivity contribution in [3.8, 4) is 0 Å². The molecule has 4 heteroatoms. The van der Waals surface area contributed by atoms with E-state index in [1.165, 1.54) is 0 Å². The molecular formula is C12H14N2OS.